The maximum Gasteiger partial charge on any atom is 0.194 e. The van der Waals surface area contributed by atoms with E-state index in [-0.39, 0.29) is 5.78 Å². The Bertz CT molecular complexity index is 665. The minimum atomic E-state index is -0.0302. The van der Waals surface area contributed by atoms with Crippen molar-refractivity contribution in [2.75, 3.05) is 5.73 Å². The smallest absolute Gasteiger partial charge is 0.194 e. The van der Waals surface area contributed by atoms with E-state index in [9.17, 15) is 4.79 Å². The second-order valence-corrected chi connectivity index (χ2v) is 6.14. The van der Waals surface area contributed by atoms with E-state index >= 15 is 0 Å². The molecule has 19 heavy (non-hydrogen) atoms. The van der Waals surface area contributed by atoms with Crippen LogP contribution in [0.1, 0.15) is 27.0 Å². The second-order valence-electron chi connectivity index (χ2n) is 4.43. The molecule has 0 unspecified atom stereocenters. The lowest BCUT2D eigenvalue weighted by Crippen LogP contribution is -2.06. The second kappa shape index (κ2) is 5.47. The summed E-state index contributed by atoms with van der Waals surface area (Å²) in [5.41, 5.74) is 9.65. The minimum Gasteiger partial charge on any atom is -0.398 e. The SMILES string of the molecule is Cc1cc(Br)c(C(=O)c2cccc(N)c2C)cc1Br. The van der Waals surface area contributed by atoms with Crippen LogP contribution in [-0.4, -0.2) is 5.78 Å². The Morgan fingerprint density at radius 1 is 1.05 bits per heavy atom. The van der Waals surface area contributed by atoms with Crippen LogP contribution in [0.25, 0.3) is 0 Å². The number of hydrogen-bond acceptors (Lipinski definition) is 2. The Balaban J connectivity index is 2.56. The fourth-order valence-corrected chi connectivity index (χ4v) is 2.85. The van der Waals surface area contributed by atoms with E-state index in [1.54, 1.807) is 18.2 Å². The van der Waals surface area contributed by atoms with Gasteiger partial charge >= 0.3 is 0 Å². The number of nitrogen functional groups attached to an aromatic ring is 1. The molecule has 0 spiro atoms. The first-order valence-electron chi connectivity index (χ1n) is 5.77. The highest BCUT2D eigenvalue weighted by Gasteiger charge is 2.16. The molecule has 2 nitrogen and oxygen atoms in total. The van der Waals surface area contributed by atoms with E-state index in [1.807, 2.05) is 26.0 Å². The Hall–Kier alpha value is -1.13. The number of halogens is 2. The lowest BCUT2D eigenvalue weighted by molar-refractivity contribution is 0.103. The average molecular weight is 383 g/mol. The Kier molecular flexibility index (Phi) is 4.11. The summed E-state index contributed by atoms with van der Waals surface area (Å²) >= 11 is 6.91. The van der Waals surface area contributed by atoms with Crippen LogP contribution in [0.5, 0.6) is 0 Å². The summed E-state index contributed by atoms with van der Waals surface area (Å²) in [4.78, 5) is 12.6. The average Bonchev–Trinajstić information content (AvgIpc) is 2.36. The third-order valence-corrected chi connectivity index (χ3v) is 4.62. The lowest BCUT2D eigenvalue weighted by Gasteiger charge is -2.10. The van der Waals surface area contributed by atoms with Gasteiger partial charge in [-0.25, -0.2) is 0 Å². The van der Waals surface area contributed by atoms with Crippen LogP contribution >= 0.6 is 31.9 Å². The fraction of sp³-hybridized carbons (Fsp3) is 0.133. The number of anilines is 1. The van der Waals surface area contributed by atoms with Gasteiger partial charge in [-0.15, -0.1) is 0 Å². The zero-order chi connectivity index (χ0) is 14.2. The van der Waals surface area contributed by atoms with Crippen LogP contribution < -0.4 is 5.73 Å². The first-order chi connectivity index (χ1) is 8.91. The molecule has 2 N–H and O–H groups in total. The Labute approximate surface area is 129 Å². The summed E-state index contributed by atoms with van der Waals surface area (Å²) in [5, 5.41) is 0. The number of hydrogen-bond donors (Lipinski definition) is 1. The van der Waals surface area contributed by atoms with Crippen molar-refractivity contribution in [1.29, 1.82) is 0 Å². The van der Waals surface area contributed by atoms with Crippen molar-refractivity contribution < 1.29 is 4.79 Å². The minimum absolute atomic E-state index is 0.0302. The summed E-state index contributed by atoms with van der Waals surface area (Å²) in [6.45, 7) is 3.84. The Morgan fingerprint density at radius 2 is 1.74 bits per heavy atom. The number of carbonyl (C=O) groups is 1. The number of benzene rings is 2. The molecule has 0 saturated heterocycles. The number of ketones is 1. The van der Waals surface area contributed by atoms with Crippen LogP contribution in [0.2, 0.25) is 0 Å². The molecule has 0 aliphatic rings. The standard InChI is InChI=1S/C15H13Br2NO/c1-8-6-13(17)11(7-12(8)16)15(19)10-4-3-5-14(18)9(10)2/h3-7H,18H2,1-2H3. The van der Waals surface area contributed by atoms with E-state index in [2.05, 4.69) is 31.9 Å². The third kappa shape index (κ3) is 2.74. The van der Waals surface area contributed by atoms with Gasteiger partial charge in [-0.05, 0) is 43.2 Å². The van der Waals surface area contributed by atoms with Crippen LogP contribution in [0.15, 0.2) is 39.3 Å². The van der Waals surface area contributed by atoms with Gasteiger partial charge in [0.25, 0.3) is 0 Å². The highest BCUT2D eigenvalue weighted by Crippen LogP contribution is 2.28. The number of aryl methyl sites for hydroxylation is 1. The summed E-state index contributed by atoms with van der Waals surface area (Å²) in [7, 11) is 0. The van der Waals surface area contributed by atoms with Crippen molar-refractivity contribution in [1.82, 2.24) is 0 Å². The van der Waals surface area contributed by atoms with Crippen molar-refractivity contribution in [3.8, 4) is 0 Å². The number of nitrogens with two attached hydrogens (primary N) is 1. The molecule has 2 aromatic carbocycles. The molecule has 2 rings (SSSR count). The molecule has 0 heterocycles. The van der Waals surface area contributed by atoms with Crippen LogP contribution in [0.3, 0.4) is 0 Å². The van der Waals surface area contributed by atoms with Gasteiger partial charge in [0.05, 0.1) is 0 Å². The molecule has 0 aliphatic heterocycles. The first-order valence-corrected chi connectivity index (χ1v) is 7.36. The summed E-state index contributed by atoms with van der Waals surface area (Å²) in [5.74, 6) is -0.0302. The van der Waals surface area contributed by atoms with Gasteiger partial charge in [0.1, 0.15) is 0 Å². The molecule has 0 aliphatic carbocycles. The van der Waals surface area contributed by atoms with Gasteiger partial charge in [-0.2, -0.15) is 0 Å². The maximum atomic E-state index is 12.6. The number of carbonyl (C=O) groups excluding carboxylic acids is 1. The normalized spacial score (nSPS) is 10.5. The van der Waals surface area contributed by atoms with E-state index in [4.69, 9.17) is 5.73 Å². The third-order valence-electron chi connectivity index (χ3n) is 3.11. The summed E-state index contributed by atoms with van der Waals surface area (Å²) in [6, 6.07) is 9.16. The van der Waals surface area contributed by atoms with Crippen LogP contribution in [0.4, 0.5) is 5.69 Å². The fourth-order valence-electron chi connectivity index (χ4n) is 1.86. The highest BCUT2D eigenvalue weighted by molar-refractivity contribution is 9.11. The predicted octanol–water partition coefficient (Wildman–Crippen LogP) is 4.64. The summed E-state index contributed by atoms with van der Waals surface area (Å²) in [6.07, 6.45) is 0. The van der Waals surface area contributed by atoms with Gasteiger partial charge in [0.2, 0.25) is 0 Å². The van der Waals surface area contributed by atoms with Gasteiger partial charge in [-0.3, -0.25) is 4.79 Å². The van der Waals surface area contributed by atoms with Gasteiger partial charge in [0, 0.05) is 25.8 Å². The van der Waals surface area contributed by atoms with E-state index in [1.165, 1.54) is 0 Å². The molecule has 0 radical (unpaired) electrons. The first kappa shape index (κ1) is 14.3. The highest BCUT2D eigenvalue weighted by atomic mass is 79.9. The van der Waals surface area contributed by atoms with Crippen molar-refractivity contribution >= 4 is 43.3 Å². The van der Waals surface area contributed by atoms with Gasteiger partial charge < -0.3 is 5.73 Å². The zero-order valence-electron chi connectivity index (χ0n) is 10.6. The molecule has 0 aromatic heterocycles. The molecular formula is C15H13Br2NO. The molecular weight excluding hydrogens is 370 g/mol. The quantitative estimate of drug-likeness (QED) is 0.607. The lowest BCUT2D eigenvalue weighted by atomic mass is 9.97. The van der Waals surface area contributed by atoms with Crippen LogP contribution in [0, 0.1) is 13.8 Å². The number of rotatable bonds is 2. The Morgan fingerprint density at radius 3 is 2.42 bits per heavy atom. The van der Waals surface area contributed by atoms with Crippen LogP contribution in [-0.2, 0) is 0 Å². The topological polar surface area (TPSA) is 43.1 Å². The molecule has 0 fully saturated rings. The van der Waals surface area contributed by atoms with Crippen molar-refractivity contribution in [2.24, 2.45) is 0 Å². The van der Waals surface area contributed by atoms with E-state index in [0.29, 0.717) is 16.8 Å². The maximum absolute atomic E-state index is 12.6. The monoisotopic (exact) mass is 381 g/mol. The zero-order valence-corrected chi connectivity index (χ0v) is 13.8. The van der Waals surface area contributed by atoms with Gasteiger partial charge in [-0.1, -0.05) is 44.0 Å². The molecule has 0 saturated carbocycles. The summed E-state index contributed by atoms with van der Waals surface area (Å²) < 4.78 is 1.71. The van der Waals surface area contributed by atoms with E-state index < -0.39 is 0 Å². The van der Waals surface area contributed by atoms with Crippen molar-refractivity contribution in [2.45, 2.75) is 13.8 Å². The van der Waals surface area contributed by atoms with E-state index in [0.717, 1.165) is 20.1 Å². The molecule has 98 valence electrons. The van der Waals surface area contributed by atoms with Crippen molar-refractivity contribution in [3.63, 3.8) is 0 Å². The molecule has 2 aromatic rings. The predicted molar refractivity (Wildman–Crippen MR) is 85.6 cm³/mol. The molecule has 4 heteroatoms. The molecule has 0 amide bonds. The van der Waals surface area contributed by atoms with Gasteiger partial charge in [0.15, 0.2) is 5.78 Å². The largest absolute Gasteiger partial charge is 0.398 e. The molecule has 0 atom stereocenters. The van der Waals surface area contributed by atoms with Crippen molar-refractivity contribution in [3.05, 3.63) is 61.5 Å². The molecule has 0 bridgehead atoms.